The van der Waals surface area contributed by atoms with Crippen LogP contribution in [0.1, 0.15) is 36.8 Å². The second-order valence-electron chi connectivity index (χ2n) is 8.96. The first-order valence-corrected chi connectivity index (χ1v) is 11.3. The second-order valence-corrected chi connectivity index (χ2v) is 8.96. The average molecular weight is 492 g/mol. The third-order valence-corrected chi connectivity index (χ3v) is 7.08. The molecule has 4 rings (SSSR count). The molecule has 33 heavy (non-hydrogen) atoms. The summed E-state index contributed by atoms with van der Waals surface area (Å²) in [5, 5.41) is 7.74. The maximum Gasteiger partial charge on any atom is 0.237 e. The van der Waals surface area contributed by atoms with E-state index in [9.17, 15) is 4.79 Å². The molecule has 0 aliphatic heterocycles. The Labute approximate surface area is 209 Å². The van der Waals surface area contributed by atoms with Gasteiger partial charge in [0.2, 0.25) is 5.91 Å². The van der Waals surface area contributed by atoms with Crippen molar-refractivity contribution >= 4 is 41.6 Å². The molecule has 1 aromatic heterocycles. The van der Waals surface area contributed by atoms with Crippen molar-refractivity contribution in [3.05, 3.63) is 71.9 Å². The predicted molar refractivity (Wildman–Crippen MR) is 142 cm³/mol. The van der Waals surface area contributed by atoms with Crippen LogP contribution in [0.25, 0.3) is 10.9 Å². The molecule has 1 aliphatic carbocycles. The SMILES string of the molecule is CNC(=O)C(Cc1c[nH]c2ccccc12)NC1CCC(c2ccccc2)(N(C)C)CC1.Cl.Cl. The second kappa shape index (κ2) is 11.9. The lowest BCUT2D eigenvalue weighted by Crippen LogP contribution is -2.53. The fraction of sp³-hybridized carbons (Fsp3) is 0.423. The maximum absolute atomic E-state index is 12.7. The smallest absolute Gasteiger partial charge is 0.237 e. The lowest BCUT2D eigenvalue weighted by Gasteiger charge is -2.46. The summed E-state index contributed by atoms with van der Waals surface area (Å²) in [4.78, 5) is 18.4. The van der Waals surface area contributed by atoms with E-state index in [-0.39, 0.29) is 42.3 Å². The largest absolute Gasteiger partial charge is 0.361 e. The van der Waals surface area contributed by atoms with Crippen LogP contribution in [0.5, 0.6) is 0 Å². The number of hydrogen-bond acceptors (Lipinski definition) is 3. The number of fused-ring (bicyclic) bond motifs is 1. The van der Waals surface area contributed by atoms with Crippen LogP contribution in [0.3, 0.4) is 0 Å². The fourth-order valence-electron chi connectivity index (χ4n) is 5.21. The number of amides is 1. The van der Waals surface area contributed by atoms with Crippen LogP contribution in [0, 0.1) is 0 Å². The van der Waals surface area contributed by atoms with Gasteiger partial charge in [-0.2, -0.15) is 0 Å². The molecule has 1 unspecified atom stereocenters. The van der Waals surface area contributed by atoms with Crippen LogP contribution in [-0.2, 0) is 16.8 Å². The lowest BCUT2D eigenvalue weighted by molar-refractivity contribution is -0.123. The standard InChI is InChI=1S/C26H34N4O.2ClH/c1-27-25(31)24(17-19-18-28-23-12-8-7-11-22(19)23)29-21-13-15-26(16-14-21,30(2)3)20-9-5-4-6-10-20;;/h4-12,18,21,24,28-29H,13-17H2,1-3H3,(H,27,31);2*1H. The number of nitrogens with one attached hydrogen (secondary N) is 3. The van der Waals surface area contributed by atoms with Crippen molar-refractivity contribution in [3.63, 3.8) is 0 Å². The summed E-state index contributed by atoms with van der Waals surface area (Å²) in [6.07, 6.45) is 6.97. The van der Waals surface area contributed by atoms with Crippen molar-refractivity contribution in [2.45, 2.75) is 49.7 Å². The molecule has 3 N–H and O–H groups in total. The molecule has 1 fully saturated rings. The fourth-order valence-corrected chi connectivity index (χ4v) is 5.21. The quantitative estimate of drug-likeness (QED) is 0.451. The summed E-state index contributed by atoms with van der Waals surface area (Å²) in [7, 11) is 6.09. The van der Waals surface area contributed by atoms with Crippen molar-refractivity contribution in [2.24, 2.45) is 0 Å². The molecule has 1 aliphatic rings. The zero-order valence-electron chi connectivity index (χ0n) is 19.6. The Morgan fingerprint density at radius 3 is 2.33 bits per heavy atom. The summed E-state index contributed by atoms with van der Waals surface area (Å²) in [6, 6.07) is 19.2. The summed E-state index contributed by atoms with van der Waals surface area (Å²) in [6.45, 7) is 0. The third kappa shape index (κ3) is 5.72. The molecule has 1 saturated carbocycles. The normalized spacial score (nSPS) is 21.2. The van der Waals surface area contributed by atoms with Gasteiger partial charge in [0.25, 0.3) is 0 Å². The van der Waals surface area contributed by atoms with E-state index < -0.39 is 0 Å². The molecular formula is C26H36Cl2N4O. The van der Waals surface area contributed by atoms with Gasteiger partial charge in [0, 0.05) is 35.7 Å². The minimum atomic E-state index is -0.238. The first-order valence-electron chi connectivity index (χ1n) is 11.3. The Morgan fingerprint density at radius 2 is 1.70 bits per heavy atom. The molecule has 3 aromatic rings. The Bertz CT molecular complexity index is 1010. The summed E-state index contributed by atoms with van der Waals surface area (Å²) < 4.78 is 0. The first-order chi connectivity index (χ1) is 15.0. The van der Waals surface area contributed by atoms with E-state index in [1.165, 1.54) is 16.5 Å². The van der Waals surface area contributed by atoms with E-state index in [1.807, 2.05) is 18.3 Å². The number of hydrogen-bond donors (Lipinski definition) is 3. The van der Waals surface area contributed by atoms with Gasteiger partial charge in [-0.3, -0.25) is 9.69 Å². The Kier molecular flexibility index (Phi) is 9.80. The minimum absolute atomic E-state index is 0. The highest BCUT2D eigenvalue weighted by Gasteiger charge is 2.39. The lowest BCUT2D eigenvalue weighted by atomic mass is 9.74. The molecule has 0 saturated heterocycles. The predicted octanol–water partition coefficient (Wildman–Crippen LogP) is 4.66. The number of carbonyl (C=O) groups excluding carboxylic acids is 1. The molecule has 5 nitrogen and oxygen atoms in total. The van der Waals surface area contributed by atoms with Gasteiger partial charge in [-0.05, 0) is 63.4 Å². The van der Waals surface area contributed by atoms with Gasteiger partial charge >= 0.3 is 0 Å². The highest BCUT2D eigenvalue weighted by molar-refractivity contribution is 5.86. The van der Waals surface area contributed by atoms with Gasteiger partial charge < -0.3 is 15.6 Å². The van der Waals surface area contributed by atoms with E-state index >= 15 is 0 Å². The maximum atomic E-state index is 12.7. The van der Waals surface area contributed by atoms with Crippen LogP contribution < -0.4 is 10.6 Å². The number of benzene rings is 2. The van der Waals surface area contributed by atoms with Crippen molar-refractivity contribution in [3.8, 4) is 0 Å². The van der Waals surface area contributed by atoms with Crippen LogP contribution >= 0.6 is 24.8 Å². The van der Waals surface area contributed by atoms with Crippen molar-refractivity contribution in [1.29, 1.82) is 0 Å². The molecule has 7 heteroatoms. The van der Waals surface area contributed by atoms with Gasteiger partial charge in [-0.25, -0.2) is 0 Å². The van der Waals surface area contributed by atoms with Gasteiger partial charge in [0.15, 0.2) is 0 Å². The molecule has 1 amide bonds. The van der Waals surface area contributed by atoms with E-state index in [4.69, 9.17) is 0 Å². The molecule has 0 spiro atoms. The Balaban J connectivity index is 0.00000193. The summed E-state index contributed by atoms with van der Waals surface area (Å²) in [5.74, 6) is 0.0535. The Hall–Kier alpha value is -2.05. The monoisotopic (exact) mass is 490 g/mol. The molecule has 180 valence electrons. The first kappa shape index (κ1) is 27.2. The van der Waals surface area contributed by atoms with E-state index in [0.29, 0.717) is 12.5 Å². The Morgan fingerprint density at radius 1 is 1.06 bits per heavy atom. The van der Waals surface area contributed by atoms with Crippen molar-refractivity contribution < 1.29 is 4.79 Å². The minimum Gasteiger partial charge on any atom is -0.361 e. The number of carbonyl (C=O) groups is 1. The third-order valence-electron chi connectivity index (χ3n) is 7.08. The number of halogens is 2. The van der Waals surface area contributed by atoms with Crippen LogP contribution in [0.2, 0.25) is 0 Å². The van der Waals surface area contributed by atoms with Gasteiger partial charge in [0.05, 0.1) is 6.04 Å². The molecule has 0 radical (unpaired) electrons. The average Bonchev–Trinajstić information content (AvgIpc) is 3.22. The zero-order valence-corrected chi connectivity index (χ0v) is 21.3. The molecule has 1 atom stereocenters. The topological polar surface area (TPSA) is 60.2 Å². The number of likely N-dealkylation sites (N-methyl/N-ethyl adjacent to an activating group) is 1. The van der Waals surface area contributed by atoms with Crippen molar-refractivity contribution in [1.82, 2.24) is 20.5 Å². The number of aromatic amines is 1. The molecular weight excluding hydrogens is 455 g/mol. The summed E-state index contributed by atoms with van der Waals surface area (Å²) in [5.41, 5.74) is 3.75. The van der Waals surface area contributed by atoms with E-state index in [2.05, 4.69) is 77.1 Å². The van der Waals surface area contributed by atoms with Crippen LogP contribution in [-0.4, -0.2) is 49.0 Å². The number of H-pyrrole nitrogens is 1. The van der Waals surface area contributed by atoms with Gasteiger partial charge in [-0.1, -0.05) is 48.5 Å². The number of aromatic nitrogens is 1. The molecule has 0 bridgehead atoms. The zero-order chi connectivity index (χ0) is 21.8. The van der Waals surface area contributed by atoms with Crippen LogP contribution in [0.15, 0.2) is 60.8 Å². The van der Waals surface area contributed by atoms with Gasteiger partial charge in [0.1, 0.15) is 0 Å². The molecule has 1 heterocycles. The molecule has 2 aromatic carbocycles. The number of para-hydroxylation sites is 1. The van der Waals surface area contributed by atoms with E-state index in [1.54, 1.807) is 7.05 Å². The van der Waals surface area contributed by atoms with Crippen LogP contribution in [0.4, 0.5) is 0 Å². The number of nitrogens with zero attached hydrogens (tertiary/aromatic N) is 1. The van der Waals surface area contributed by atoms with Gasteiger partial charge in [-0.15, -0.1) is 24.8 Å². The number of rotatable bonds is 7. The van der Waals surface area contributed by atoms with Crippen molar-refractivity contribution in [2.75, 3.05) is 21.1 Å². The summed E-state index contributed by atoms with van der Waals surface area (Å²) >= 11 is 0. The van der Waals surface area contributed by atoms with E-state index in [0.717, 1.165) is 31.2 Å². The highest BCUT2D eigenvalue weighted by atomic mass is 35.5. The highest BCUT2D eigenvalue weighted by Crippen LogP contribution is 2.41.